The summed E-state index contributed by atoms with van der Waals surface area (Å²) >= 11 is 0. The molecule has 56 valence electrons. The number of hydrogen-bond acceptors (Lipinski definition) is 3. The van der Waals surface area contributed by atoms with Crippen LogP contribution in [0.5, 0.6) is 0 Å². The molecule has 0 aliphatic rings. The molecule has 0 unspecified atom stereocenters. The highest BCUT2D eigenvalue weighted by Crippen LogP contribution is 1.25. The first kappa shape index (κ1) is 15.6. The zero-order valence-corrected chi connectivity index (χ0v) is 4.94. The largest absolute Gasteiger partial charge is 0.483 e. The molecule has 0 atom stereocenters. The Kier molecular flexibility index (Phi) is 51.9. The van der Waals surface area contributed by atoms with Crippen LogP contribution in [0.15, 0.2) is 0 Å². The maximum absolute atomic E-state index is 9.00. The van der Waals surface area contributed by atoms with Crippen LogP contribution in [0, 0.1) is 0 Å². The van der Waals surface area contributed by atoms with E-state index < -0.39 is 6.03 Å². The van der Waals surface area contributed by atoms with Crippen LogP contribution in [0.4, 0.5) is 4.79 Å². The Balaban J connectivity index is -0.0000000646. The second-order valence-corrected chi connectivity index (χ2v) is 0.508. The van der Waals surface area contributed by atoms with Crippen LogP contribution in [-0.2, 0) is 4.79 Å². The van der Waals surface area contributed by atoms with Gasteiger partial charge in [-0.05, 0) is 0 Å². The number of aliphatic hydroxyl groups is 1. The van der Waals surface area contributed by atoms with Crippen molar-refractivity contribution in [3.63, 3.8) is 0 Å². The van der Waals surface area contributed by atoms with Crippen LogP contribution in [0.3, 0.4) is 0 Å². The highest BCUT2D eigenvalue weighted by molar-refractivity contribution is 5.69. The van der Waals surface area contributed by atoms with Crippen LogP contribution in [-0.4, -0.2) is 29.8 Å². The van der Waals surface area contributed by atoms with E-state index in [1.807, 2.05) is 0 Å². The topological polar surface area (TPSA) is 127 Å². The zero-order valence-electron chi connectivity index (χ0n) is 4.94. The van der Waals surface area contributed by atoms with Gasteiger partial charge in [-0.1, -0.05) is 0 Å². The lowest BCUT2D eigenvalue weighted by molar-refractivity contribution is -0.122. The van der Waals surface area contributed by atoms with Crippen LogP contribution in [0.1, 0.15) is 0 Å². The molecule has 0 fully saturated rings. The van der Waals surface area contributed by atoms with E-state index in [4.69, 9.17) is 19.8 Å². The Morgan fingerprint density at radius 2 is 1.44 bits per heavy atom. The fourth-order valence-corrected chi connectivity index (χ4v) is 0. The van der Waals surface area contributed by atoms with E-state index in [0.29, 0.717) is 0 Å². The van der Waals surface area contributed by atoms with Crippen molar-refractivity contribution in [2.75, 3.05) is 7.11 Å². The van der Waals surface area contributed by atoms with Gasteiger partial charge in [0.1, 0.15) is 0 Å². The quantitative estimate of drug-likeness (QED) is 0.298. The van der Waals surface area contributed by atoms with Crippen molar-refractivity contribution in [1.82, 2.24) is 0 Å². The Morgan fingerprint density at radius 3 is 1.44 bits per heavy atom. The molecular formula is C3H10N2O4. The van der Waals surface area contributed by atoms with Crippen molar-refractivity contribution in [3.8, 4) is 0 Å². The number of hydrogen-bond donors (Lipinski definition) is 4. The Hall–Kier alpha value is -1.30. The number of aliphatic hydroxyl groups excluding tert-OH is 1. The number of carboxylic acid groups (broad SMARTS) is 1. The zero-order chi connectivity index (χ0) is 8.28. The van der Waals surface area contributed by atoms with Gasteiger partial charge < -0.3 is 21.7 Å². The van der Waals surface area contributed by atoms with E-state index in [1.165, 1.54) is 0 Å². The van der Waals surface area contributed by atoms with Gasteiger partial charge in [-0.3, -0.25) is 4.79 Å². The molecule has 0 heterocycles. The van der Waals surface area contributed by atoms with E-state index in [0.717, 1.165) is 7.11 Å². The average Bonchev–Trinajstić information content (AvgIpc) is 1.71. The third-order valence-corrected chi connectivity index (χ3v) is 0. The van der Waals surface area contributed by atoms with Crippen molar-refractivity contribution in [2.45, 2.75) is 0 Å². The number of urea groups is 1. The molecule has 6 nitrogen and oxygen atoms in total. The van der Waals surface area contributed by atoms with Crippen molar-refractivity contribution >= 4 is 12.5 Å². The van der Waals surface area contributed by atoms with Gasteiger partial charge in [-0.25, -0.2) is 4.79 Å². The van der Waals surface area contributed by atoms with Crippen LogP contribution >= 0.6 is 0 Å². The predicted molar refractivity (Wildman–Crippen MR) is 30.6 cm³/mol. The van der Waals surface area contributed by atoms with Gasteiger partial charge in [0.2, 0.25) is 0 Å². The predicted octanol–water partition coefficient (Wildman–Crippen LogP) is -1.67. The summed E-state index contributed by atoms with van der Waals surface area (Å²) in [4.78, 5) is 17.4. The molecule has 0 saturated heterocycles. The molecule has 0 radical (unpaired) electrons. The van der Waals surface area contributed by atoms with Crippen LogP contribution in [0.25, 0.3) is 0 Å². The monoisotopic (exact) mass is 138 g/mol. The molecule has 0 rings (SSSR count). The fourth-order valence-electron chi connectivity index (χ4n) is 0. The fraction of sp³-hybridized carbons (Fsp3) is 0.333. The standard InChI is InChI=1S/CH4N2O.CH2O2.CH4O/c2-1(3)4;2-1-3;1-2/h(H4,2,3,4);1H,(H,2,3);2H,1H3. The Morgan fingerprint density at radius 1 is 1.44 bits per heavy atom. The minimum Gasteiger partial charge on any atom is -0.483 e. The maximum atomic E-state index is 9.00. The summed E-state index contributed by atoms with van der Waals surface area (Å²) in [6.45, 7) is -0.250. The van der Waals surface area contributed by atoms with E-state index in [-0.39, 0.29) is 6.47 Å². The van der Waals surface area contributed by atoms with Gasteiger partial charge in [0.15, 0.2) is 0 Å². The molecule has 0 aliphatic heterocycles. The number of carbonyl (C=O) groups is 2. The van der Waals surface area contributed by atoms with Crippen LogP contribution in [0.2, 0.25) is 0 Å². The number of amides is 2. The summed E-state index contributed by atoms with van der Waals surface area (Å²) in [6.07, 6.45) is 0. The van der Waals surface area contributed by atoms with Gasteiger partial charge in [-0.2, -0.15) is 0 Å². The minimum absolute atomic E-state index is 0.250. The van der Waals surface area contributed by atoms with E-state index >= 15 is 0 Å². The molecule has 6 N–H and O–H groups in total. The maximum Gasteiger partial charge on any atom is 0.309 e. The first-order chi connectivity index (χ1) is 4.15. The summed E-state index contributed by atoms with van der Waals surface area (Å²) in [7, 11) is 1.00. The third kappa shape index (κ3) is 87.6. The minimum atomic E-state index is -0.833. The van der Waals surface area contributed by atoms with Crippen molar-refractivity contribution < 1.29 is 19.8 Å². The number of primary amides is 2. The molecule has 0 aromatic rings. The number of carbonyl (C=O) groups excluding carboxylic acids is 1. The lowest BCUT2D eigenvalue weighted by Gasteiger charge is -1.62. The summed E-state index contributed by atoms with van der Waals surface area (Å²) in [5, 5.41) is 13.9. The SMILES string of the molecule is CO.NC(N)=O.O=CO. The van der Waals surface area contributed by atoms with Crippen LogP contribution < -0.4 is 11.5 Å². The molecule has 0 bridgehead atoms. The van der Waals surface area contributed by atoms with Gasteiger partial charge in [0, 0.05) is 7.11 Å². The molecule has 9 heavy (non-hydrogen) atoms. The molecule has 0 aliphatic carbocycles. The molecular weight excluding hydrogens is 128 g/mol. The normalized spacial score (nSPS) is 4.67. The Bertz CT molecular complexity index is 60.8. The van der Waals surface area contributed by atoms with Gasteiger partial charge in [-0.15, -0.1) is 0 Å². The van der Waals surface area contributed by atoms with Gasteiger partial charge in [0.05, 0.1) is 0 Å². The number of nitrogens with two attached hydrogens (primary N) is 2. The highest BCUT2D eigenvalue weighted by atomic mass is 16.3. The summed E-state index contributed by atoms with van der Waals surface area (Å²) < 4.78 is 0. The third-order valence-electron chi connectivity index (χ3n) is 0. The molecule has 0 aromatic carbocycles. The number of rotatable bonds is 0. The van der Waals surface area contributed by atoms with Crippen molar-refractivity contribution in [3.05, 3.63) is 0 Å². The van der Waals surface area contributed by atoms with Crippen molar-refractivity contribution in [2.24, 2.45) is 11.5 Å². The lowest BCUT2D eigenvalue weighted by Crippen LogP contribution is -2.18. The second-order valence-electron chi connectivity index (χ2n) is 0.508. The lowest BCUT2D eigenvalue weighted by atomic mass is 11.2. The smallest absolute Gasteiger partial charge is 0.309 e. The first-order valence-electron chi connectivity index (χ1n) is 1.72. The molecule has 0 aromatic heterocycles. The van der Waals surface area contributed by atoms with E-state index in [1.54, 1.807) is 0 Å². The van der Waals surface area contributed by atoms with Gasteiger partial charge >= 0.3 is 6.03 Å². The second kappa shape index (κ2) is 29.9. The molecule has 2 amide bonds. The van der Waals surface area contributed by atoms with E-state index in [2.05, 4.69) is 11.5 Å². The summed E-state index contributed by atoms with van der Waals surface area (Å²) in [5.74, 6) is 0. The van der Waals surface area contributed by atoms with E-state index in [9.17, 15) is 0 Å². The highest BCUT2D eigenvalue weighted by Gasteiger charge is 1.60. The first-order valence-corrected chi connectivity index (χ1v) is 1.72. The molecule has 0 spiro atoms. The summed E-state index contributed by atoms with van der Waals surface area (Å²) in [6, 6.07) is -0.833. The average molecular weight is 138 g/mol. The summed E-state index contributed by atoms with van der Waals surface area (Å²) in [5.41, 5.74) is 8.50. The molecule has 0 saturated carbocycles. The van der Waals surface area contributed by atoms with Crippen molar-refractivity contribution in [1.29, 1.82) is 0 Å². The van der Waals surface area contributed by atoms with Gasteiger partial charge in [0.25, 0.3) is 6.47 Å². The molecule has 6 heteroatoms. The Labute approximate surface area is 52.1 Å².